The summed E-state index contributed by atoms with van der Waals surface area (Å²) in [6.07, 6.45) is 3.15. The highest BCUT2D eigenvalue weighted by Gasteiger charge is 2.20. The molecule has 0 aliphatic heterocycles. The molecule has 1 heterocycles. The minimum Gasteiger partial charge on any atom is -0.478 e. The van der Waals surface area contributed by atoms with Gasteiger partial charge in [-0.25, -0.2) is 18.4 Å². The van der Waals surface area contributed by atoms with E-state index in [0.717, 1.165) is 0 Å². The third-order valence-electron chi connectivity index (χ3n) is 2.50. The number of ether oxygens (including phenoxy) is 1. The summed E-state index contributed by atoms with van der Waals surface area (Å²) >= 11 is 0. The van der Waals surface area contributed by atoms with E-state index < -0.39 is 9.84 Å². The Morgan fingerprint density at radius 3 is 2.63 bits per heavy atom. The second-order valence-corrected chi connectivity index (χ2v) is 7.32. The van der Waals surface area contributed by atoms with Crippen LogP contribution in [0.4, 0.5) is 5.82 Å². The van der Waals surface area contributed by atoms with E-state index >= 15 is 0 Å². The van der Waals surface area contributed by atoms with Crippen LogP contribution in [0.5, 0.6) is 5.88 Å². The standard InChI is InChI=1S/C12H21N3O3S/c1-5-18-11-8-10(13-9-14-11)15-12(2,3)6-7-19(4,16)17/h8-9H,5-7H2,1-4H3,(H,13,14,15). The summed E-state index contributed by atoms with van der Waals surface area (Å²) in [4.78, 5) is 8.07. The fourth-order valence-corrected chi connectivity index (χ4v) is 2.37. The molecule has 0 atom stereocenters. The summed E-state index contributed by atoms with van der Waals surface area (Å²) in [5.74, 6) is 1.26. The van der Waals surface area contributed by atoms with Crippen molar-refractivity contribution >= 4 is 15.7 Å². The molecular weight excluding hydrogens is 266 g/mol. The highest BCUT2D eigenvalue weighted by Crippen LogP contribution is 2.19. The van der Waals surface area contributed by atoms with Crippen molar-refractivity contribution in [2.75, 3.05) is 23.9 Å². The first-order chi connectivity index (χ1) is 8.72. The lowest BCUT2D eigenvalue weighted by Gasteiger charge is -2.26. The number of hydrogen-bond acceptors (Lipinski definition) is 6. The van der Waals surface area contributed by atoms with Gasteiger partial charge in [0.15, 0.2) is 0 Å². The van der Waals surface area contributed by atoms with Crippen molar-refractivity contribution in [1.82, 2.24) is 9.97 Å². The Hall–Kier alpha value is -1.37. The Morgan fingerprint density at radius 2 is 2.05 bits per heavy atom. The number of nitrogens with zero attached hydrogens (tertiary/aromatic N) is 2. The van der Waals surface area contributed by atoms with Crippen molar-refractivity contribution in [1.29, 1.82) is 0 Å². The molecule has 0 unspecified atom stereocenters. The number of rotatable bonds is 7. The monoisotopic (exact) mass is 287 g/mol. The van der Waals surface area contributed by atoms with Crippen LogP contribution in [0.15, 0.2) is 12.4 Å². The first kappa shape index (κ1) is 15.7. The Labute approximate surface area is 114 Å². The second-order valence-electron chi connectivity index (χ2n) is 5.06. The molecule has 0 aliphatic rings. The van der Waals surface area contributed by atoms with Gasteiger partial charge in [-0.2, -0.15) is 0 Å². The van der Waals surface area contributed by atoms with Crippen LogP contribution in [-0.4, -0.2) is 42.5 Å². The van der Waals surface area contributed by atoms with Crippen molar-refractivity contribution in [3.8, 4) is 5.88 Å². The van der Waals surface area contributed by atoms with Crippen LogP contribution in [0.2, 0.25) is 0 Å². The van der Waals surface area contributed by atoms with E-state index in [0.29, 0.717) is 24.7 Å². The summed E-state index contributed by atoms with van der Waals surface area (Å²) in [6, 6.07) is 1.70. The number of hydrogen-bond donors (Lipinski definition) is 1. The zero-order valence-corrected chi connectivity index (χ0v) is 12.6. The van der Waals surface area contributed by atoms with Crippen molar-refractivity contribution in [3.05, 3.63) is 12.4 Å². The van der Waals surface area contributed by atoms with Crippen LogP contribution >= 0.6 is 0 Å². The summed E-state index contributed by atoms with van der Waals surface area (Å²) in [5.41, 5.74) is -0.374. The van der Waals surface area contributed by atoms with Gasteiger partial charge in [0.25, 0.3) is 0 Å². The molecule has 0 spiro atoms. The molecule has 0 saturated carbocycles. The molecule has 0 radical (unpaired) electrons. The van der Waals surface area contributed by atoms with E-state index in [4.69, 9.17) is 4.74 Å². The summed E-state index contributed by atoms with van der Waals surface area (Å²) < 4.78 is 27.7. The molecule has 19 heavy (non-hydrogen) atoms. The van der Waals surface area contributed by atoms with E-state index in [-0.39, 0.29) is 11.3 Å². The van der Waals surface area contributed by atoms with Crippen molar-refractivity contribution in [2.24, 2.45) is 0 Å². The van der Waals surface area contributed by atoms with Crippen LogP contribution in [0.25, 0.3) is 0 Å². The fourth-order valence-electron chi connectivity index (χ4n) is 1.48. The Kier molecular flexibility index (Phi) is 5.11. The van der Waals surface area contributed by atoms with E-state index in [1.54, 1.807) is 6.07 Å². The molecular formula is C12H21N3O3S. The van der Waals surface area contributed by atoms with Gasteiger partial charge in [0.05, 0.1) is 12.4 Å². The molecule has 1 N–H and O–H groups in total. The van der Waals surface area contributed by atoms with Crippen molar-refractivity contribution in [2.45, 2.75) is 32.7 Å². The predicted octanol–water partition coefficient (Wildman–Crippen LogP) is 1.50. The molecule has 1 aromatic heterocycles. The van der Waals surface area contributed by atoms with Gasteiger partial charge in [0.2, 0.25) is 5.88 Å². The number of sulfone groups is 1. The quantitative estimate of drug-likeness (QED) is 0.818. The summed E-state index contributed by atoms with van der Waals surface area (Å²) in [7, 11) is -2.96. The lowest BCUT2D eigenvalue weighted by atomic mass is 10.0. The van der Waals surface area contributed by atoms with Crippen LogP contribution in [0.3, 0.4) is 0 Å². The van der Waals surface area contributed by atoms with Crippen LogP contribution in [-0.2, 0) is 9.84 Å². The Morgan fingerprint density at radius 1 is 1.37 bits per heavy atom. The average Bonchev–Trinajstić information content (AvgIpc) is 2.26. The molecule has 0 fully saturated rings. The van der Waals surface area contributed by atoms with E-state index in [1.807, 2.05) is 20.8 Å². The zero-order valence-electron chi connectivity index (χ0n) is 11.8. The largest absolute Gasteiger partial charge is 0.478 e. The minimum absolute atomic E-state index is 0.135. The SMILES string of the molecule is CCOc1cc(NC(C)(C)CCS(C)(=O)=O)ncn1. The fraction of sp³-hybridized carbons (Fsp3) is 0.667. The number of nitrogens with one attached hydrogen (secondary N) is 1. The van der Waals surface area contributed by atoms with Gasteiger partial charge in [-0.15, -0.1) is 0 Å². The lowest BCUT2D eigenvalue weighted by Crippen LogP contribution is -2.33. The normalized spacial score (nSPS) is 12.2. The second kappa shape index (κ2) is 6.18. The third-order valence-corrected chi connectivity index (χ3v) is 3.44. The molecule has 0 amide bonds. The third kappa shape index (κ3) is 6.37. The van der Waals surface area contributed by atoms with Crippen molar-refractivity contribution in [3.63, 3.8) is 0 Å². The summed E-state index contributed by atoms with van der Waals surface area (Å²) in [5, 5.41) is 3.19. The molecule has 7 heteroatoms. The first-order valence-electron chi connectivity index (χ1n) is 6.12. The van der Waals surface area contributed by atoms with Gasteiger partial charge in [0.1, 0.15) is 22.0 Å². The van der Waals surface area contributed by atoms with Gasteiger partial charge >= 0.3 is 0 Å². The van der Waals surface area contributed by atoms with Crippen molar-refractivity contribution < 1.29 is 13.2 Å². The number of anilines is 1. The maximum atomic E-state index is 11.2. The van der Waals surface area contributed by atoms with E-state index in [2.05, 4.69) is 15.3 Å². The lowest BCUT2D eigenvalue weighted by molar-refractivity contribution is 0.326. The first-order valence-corrected chi connectivity index (χ1v) is 8.19. The smallest absolute Gasteiger partial charge is 0.218 e. The molecule has 0 aliphatic carbocycles. The molecule has 1 aromatic rings. The predicted molar refractivity (Wildman–Crippen MR) is 75.2 cm³/mol. The maximum Gasteiger partial charge on any atom is 0.218 e. The molecule has 0 saturated heterocycles. The molecule has 0 bridgehead atoms. The van der Waals surface area contributed by atoms with Gasteiger partial charge in [0, 0.05) is 17.9 Å². The molecule has 6 nitrogen and oxygen atoms in total. The highest BCUT2D eigenvalue weighted by molar-refractivity contribution is 7.90. The van der Waals surface area contributed by atoms with Crippen LogP contribution in [0.1, 0.15) is 27.2 Å². The summed E-state index contributed by atoms with van der Waals surface area (Å²) in [6.45, 7) is 6.28. The molecule has 1 rings (SSSR count). The highest BCUT2D eigenvalue weighted by atomic mass is 32.2. The molecule has 0 aromatic carbocycles. The van der Waals surface area contributed by atoms with Gasteiger partial charge < -0.3 is 10.1 Å². The minimum atomic E-state index is -2.96. The Bertz CT molecular complexity index is 515. The topological polar surface area (TPSA) is 81.2 Å². The van der Waals surface area contributed by atoms with Gasteiger partial charge in [-0.05, 0) is 27.2 Å². The maximum absolute atomic E-state index is 11.2. The Balaban J connectivity index is 2.69. The van der Waals surface area contributed by atoms with Crippen LogP contribution < -0.4 is 10.1 Å². The molecule has 108 valence electrons. The van der Waals surface area contributed by atoms with Gasteiger partial charge in [-0.1, -0.05) is 0 Å². The van der Waals surface area contributed by atoms with E-state index in [9.17, 15) is 8.42 Å². The number of aromatic nitrogens is 2. The van der Waals surface area contributed by atoms with Crippen LogP contribution in [0, 0.1) is 0 Å². The van der Waals surface area contributed by atoms with E-state index in [1.165, 1.54) is 12.6 Å². The average molecular weight is 287 g/mol. The van der Waals surface area contributed by atoms with Gasteiger partial charge in [-0.3, -0.25) is 0 Å². The zero-order chi connectivity index (χ0) is 14.5.